The standard InChI is InChI=1S/C52H87NO11Si/c1-19-42(58-31-57-30-40-23-21-20-22-24-40)38(8)45-39(9)44(61-48(62-45)43-33(3)25-32(2)26-34(43)4)35(5)28-52(13,55)47(36(6)29-59-65(17,18)51(10,11)12)64-49-46(63-50(54)56-16)41(53(14)15)27-37(7)60-49/h20-26,35-39,41-42,44-49,55H,19,27-31H2,1-18H3/t35-,36+,37-,38+,39+,41+,42-,44+,45+,46-,47-,48-,49+,52-/m1/s1. The molecule has 0 aliphatic carbocycles. The first-order chi connectivity index (χ1) is 30.3. The number of hydrogen-bond donors (Lipinski definition) is 1. The molecular formula is C52H87NO11Si. The van der Waals surface area contributed by atoms with Crippen LogP contribution in [0.5, 0.6) is 0 Å². The summed E-state index contributed by atoms with van der Waals surface area (Å²) in [4.78, 5) is 14.7. The molecule has 0 amide bonds. The van der Waals surface area contributed by atoms with Crippen molar-refractivity contribution in [3.8, 4) is 0 Å². The molecule has 0 bridgehead atoms. The van der Waals surface area contributed by atoms with E-state index >= 15 is 0 Å². The Morgan fingerprint density at radius 2 is 1.57 bits per heavy atom. The summed E-state index contributed by atoms with van der Waals surface area (Å²) >= 11 is 0. The Labute approximate surface area is 393 Å². The Bertz CT molecular complexity index is 1750. The van der Waals surface area contributed by atoms with Crippen molar-refractivity contribution in [1.29, 1.82) is 0 Å². The lowest BCUT2D eigenvalue weighted by Gasteiger charge is -2.49. The molecule has 0 unspecified atom stereocenters. The number of rotatable bonds is 21. The van der Waals surface area contributed by atoms with E-state index in [0.29, 0.717) is 26.1 Å². The number of ether oxygens (including phenoxy) is 8. The van der Waals surface area contributed by atoms with Gasteiger partial charge < -0.3 is 52.3 Å². The molecule has 2 aromatic rings. The van der Waals surface area contributed by atoms with E-state index in [2.05, 4.69) is 101 Å². The summed E-state index contributed by atoms with van der Waals surface area (Å²) < 4.78 is 57.8. The largest absolute Gasteiger partial charge is 0.508 e. The van der Waals surface area contributed by atoms with Crippen molar-refractivity contribution >= 4 is 14.5 Å². The molecule has 2 aromatic carbocycles. The number of hydrogen-bond acceptors (Lipinski definition) is 12. The second kappa shape index (κ2) is 23.7. The number of carbonyl (C=O) groups excluding carboxylic acids is 1. The molecule has 12 nitrogen and oxygen atoms in total. The topological polar surface area (TPSA) is 124 Å². The third-order valence-corrected chi connectivity index (χ3v) is 18.9. The molecule has 2 aliphatic rings. The van der Waals surface area contributed by atoms with Crippen LogP contribution in [0.15, 0.2) is 42.5 Å². The average Bonchev–Trinajstić information content (AvgIpc) is 3.22. The van der Waals surface area contributed by atoms with Gasteiger partial charge in [-0.3, -0.25) is 0 Å². The first kappa shape index (κ1) is 55.2. The number of carbonyl (C=O) groups is 1. The van der Waals surface area contributed by atoms with E-state index < -0.39 is 44.9 Å². The molecule has 2 fully saturated rings. The molecule has 13 heteroatoms. The highest BCUT2D eigenvalue weighted by atomic mass is 28.4. The molecule has 0 radical (unpaired) electrons. The lowest BCUT2D eigenvalue weighted by molar-refractivity contribution is -0.307. The minimum Gasteiger partial charge on any atom is -0.438 e. The Hall–Kier alpha value is -2.43. The minimum absolute atomic E-state index is 0.0200. The van der Waals surface area contributed by atoms with Gasteiger partial charge in [0.2, 0.25) is 0 Å². The van der Waals surface area contributed by atoms with Crippen molar-refractivity contribution in [3.63, 3.8) is 0 Å². The Morgan fingerprint density at radius 3 is 2.14 bits per heavy atom. The zero-order valence-corrected chi connectivity index (χ0v) is 44.3. The molecule has 0 spiro atoms. The Balaban J connectivity index is 1.69. The molecule has 2 heterocycles. The highest BCUT2D eigenvalue weighted by Gasteiger charge is 2.51. The van der Waals surface area contributed by atoms with E-state index in [9.17, 15) is 9.90 Å². The molecule has 1 N–H and O–H groups in total. The van der Waals surface area contributed by atoms with Gasteiger partial charge in [0.25, 0.3) is 0 Å². The summed E-state index contributed by atoms with van der Waals surface area (Å²) in [5, 5.41) is 13.0. The summed E-state index contributed by atoms with van der Waals surface area (Å²) in [6, 6.07) is 14.2. The summed E-state index contributed by atoms with van der Waals surface area (Å²) in [6.07, 6.45) is -3.27. The number of benzene rings is 2. The van der Waals surface area contributed by atoms with Crippen LogP contribution in [0.25, 0.3) is 0 Å². The second-order valence-corrected chi connectivity index (χ2v) is 26.2. The average molecular weight is 930 g/mol. The van der Waals surface area contributed by atoms with Gasteiger partial charge in [0.05, 0.1) is 55.9 Å². The van der Waals surface area contributed by atoms with E-state index in [1.54, 1.807) is 0 Å². The van der Waals surface area contributed by atoms with E-state index in [4.69, 9.17) is 42.3 Å². The van der Waals surface area contributed by atoms with Gasteiger partial charge in [0.15, 0.2) is 27.0 Å². The normalized spacial score (nSPS) is 27.6. The second-order valence-electron chi connectivity index (χ2n) is 21.4. The summed E-state index contributed by atoms with van der Waals surface area (Å²) in [6.45, 7) is 33.0. The van der Waals surface area contributed by atoms with Gasteiger partial charge in [0, 0.05) is 29.9 Å². The molecular weight excluding hydrogens is 843 g/mol. The van der Waals surface area contributed by atoms with Crippen molar-refractivity contribution in [2.45, 2.75) is 195 Å². The number of likely N-dealkylation sites (N-methyl/N-ethyl adjacent to an activating group) is 1. The zero-order valence-electron chi connectivity index (χ0n) is 43.3. The third-order valence-electron chi connectivity index (χ3n) is 14.4. The van der Waals surface area contributed by atoms with Crippen LogP contribution in [0, 0.1) is 44.4 Å². The van der Waals surface area contributed by atoms with Gasteiger partial charge in [-0.2, -0.15) is 0 Å². The third kappa shape index (κ3) is 14.5. The van der Waals surface area contributed by atoms with Crippen LogP contribution in [0.3, 0.4) is 0 Å². The Morgan fingerprint density at radius 1 is 0.954 bits per heavy atom. The fourth-order valence-electron chi connectivity index (χ4n) is 9.92. The maximum atomic E-state index is 13.0. The fourth-order valence-corrected chi connectivity index (χ4v) is 11.0. The molecule has 0 saturated carbocycles. The van der Waals surface area contributed by atoms with Gasteiger partial charge in [-0.15, -0.1) is 0 Å². The van der Waals surface area contributed by atoms with Crippen LogP contribution in [0.4, 0.5) is 4.79 Å². The van der Waals surface area contributed by atoms with Crippen LogP contribution in [0.2, 0.25) is 18.1 Å². The van der Waals surface area contributed by atoms with E-state index in [1.807, 2.05) is 63.2 Å². The molecule has 0 aromatic heterocycles. The number of methoxy groups -OCH3 is 1. The molecule has 14 atom stereocenters. The van der Waals surface area contributed by atoms with Crippen molar-refractivity contribution in [2.24, 2.45) is 23.7 Å². The van der Waals surface area contributed by atoms with Gasteiger partial charge in [0.1, 0.15) is 6.79 Å². The van der Waals surface area contributed by atoms with E-state index in [1.165, 1.54) is 12.7 Å². The predicted molar refractivity (Wildman–Crippen MR) is 258 cm³/mol. The molecule has 2 aliphatic heterocycles. The fraction of sp³-hybridized carbons (Fsp3) is 0.750. The van der Waals surface area contributed by atoms with Gasteiger partial charge in [-0.25, -0.2) is 4.79 Å². The minimum atomic E-state index is -2.19. The quantitative estimate of drug-likeness (QED) is 0.0555. The number of aliphatic hydroxyl groups is 1. The first-order valence-electron chi connectivity index (χ1n) is 24.0. The highest BCUT2D eigenvalue weighted by Crippen LogP contribution is 2.45. The van der Waals surface area contributed by atoms with E-state index in [0.717, 1.165) is 28.7 Å². The number of nitrogens with zero attached hydrogens (tertiary/aromatic N) is 1. The van der Waals surface area contributed by atoms with E-state index in [-0.39, 0.29) is 66.0 Å². The summed E-state index contributed by atoms with van der Waals surface area (Å²) in [5.74, 6) is -0.569. The maximum absolute atomic E-state index is 13.0. The predicted octanol–water partition coefficient (Wildman–Crippen LogP) is 10.7. The zero-order chi connectivity index (χ0) is 48.6. The maximum Gasteiger partial charge on any atom is 0.508 e. The highest BCUT2D eigenvalue weighted by molar-refractivity contribution is 6.74. The summed E-state index contributed by atoms with van der Waals surface area (Å²) in [5.41, 5.74) is 4.08. The van der Waals surface area contributed by atoms with Crippen molar-refractivity contribution < 1.29 is 52.2 Å². The van der Waals surface area contributed by atoms with Crippen LogP contribution in [-0.2, 0) is 48.9 Å². The monoisotopic (exact) mass is 930 g/mol. The van der Waals surface area contributed by atoms with Crippen LogP contribution < -0.4 is 0 Å². The van der Waals surface area contributed by atoms with Crippen molar-refractivity contribution in [3.05, 3.63) is 70.3 Å². The van der Waals surface area contributed by atoms with Gasteiger partial charge in [-0.1, -0.05) is 103 Å². The lowest BCUT2D eigenvalue weighted by atomic mass is 9.75. The smallest absolute Gasteiger partial charge is 0.438 e. The molecule has 370 valence electrons. The van der Waals surface area contributed by atoms with Crippen LogP contribution in [-0.4, -0.2) is 114 Å². The molecule has 65 heavy (non-hydrogen) atoms. The lowest BCUT2D eigenvalue weighted by Crippen LogP contribution is -2.59. The summed E-state index contributed by atoms with van der Waals surface area (Å²) in [7, 11) is 2.99. The number of aryl methyl sites for hydroxylation is 3. The van der Waals surface area contributed by atoms with Crippen LogP contribution >= 0.6 is 0 Å². The molecule has 2 saturated heterocycles. The first-order valence-corrected chi connectivity index (χ1v) is 26.9. The SMILES string of the molecule is CC[C@@H](OCOCc1ccccc1)[C@H](C)[C@@H]1O[C@H](c2c(C)cc(C)cc2C)O[C@@H]([C@H](C)C[C@@](C)(O)[C@H](O[C@@H]2O[C@H](C)C[C@H](N(C)C)[C@H]2OC(=O)OC)[C@@H](C)CO[Si](C)(C)C(C)(C)C)[C@@H]1C. The van der Waals surface area contributed by atoms with Gasteiger partial charge in [-0.05, 0) is 109 Å². The van der Waals surface area contributed by atoms with Crippen LogP contribution in [0.1, 0.15) is 123 Å². The molecule has 4 rings (SSSR count). The Kier molecular flexibility index (Phi) is 20.1. The van der Waals surface area contributed by atoms with Crippen molar-refractivity contribution in [1.82, 2.24) is 4.90 Å². The van der Waals surface area contributed by atoms with Crippen molar-refractivity contribution in [2.75, 3.05) is 34.6 Å². The van der Waals surface area contributed by atoms with Gasteiger partial charge >= 0.3 is 6.16 Å².